The molecule has 1 aromatic rings. The summed E-state index contributed by atoms with van der Waals surface area (Å²) in [6.45, 7) is 6.13. The molecule has 0 heterocycles. The summed E-state index contributed by atoms with van der Waals surface area (Å²) in [4.78, 5) is 13.8. The Balaban J connectivity index is 2.77. The van der Waals surface area contributed by atoms with Gasteiger partial charge in [0.05, 0.1) is 6.07 Å². The molecule has 0 spiro atoms. The monoisotopic (exact) mass is 244 g/mol. The molecule has 0 aliphatic heterocycles. The lowest BCUT2D eigenvalue weighted by atomic mass is 9.88. The van der Waals surface area contributed by atoms with Crippen LogP contribution in [0.4, 0.5) is 0 Å². The van der Waals surface area contributed by atoms with Gasteiger partial charge in [-0.25, -0.2) is 0 Å². The van der Waals surface area contributed by atoms with Crippen LogP contribution >= 0.6 is 0 Å². The highest BCUT2D eigenvalue weighted by molar-refractivity contribution is 5.84. The Kier molecular flexibility index (Phi) is 4.49. The maximum Gasteiger partial charge on any atom is 0.242 e. The first-order valence-electron chi connectivity index (χ1n) is 6.15. The number of rotatable bonds is 4. The first-order valence-corrected chi connectivity index (χ1v) is 6.15. The highest BCUT2D eigenvalue weighted by atomic mass is 16.2. The zero-order valence-corrected chi connectivity index (χ0v) is 11.5. The first-order chi connectivity index (χ1) is 8.42. The standard InChI is InChI=1S/C15H20N2O/c1-5-15(3,11-16)14(18)17(4)10-13-8-6-12(2)7-9-13/h6-9H,5,10H2,1-4H3. The van der Waals surface area contributed by atoms with Crippen molar-refractivity contribution in [3.05, 3.63) is 35.4 Å². The number of hydrogen-bond acceptors (Lipinski definition) is 2. The normalized spacial score (nSPS) is 13.5. The van der Waals surface area contributed by atoms with Gasteiger partial charge in [-0.1, -0.05) is 36.8 Å². The zero-order valence-electron chi connectivity index (χ0n) is 11.5. The van der Waals surface area contributed by atoms with E-state index in [1.807, 2.05) is 38.1 Å². The third kappa shape index (κ3) is 3.10. The van der Waals surface area contributed by atoms with Crippen LogP contribution in [0.25, 0.3) is 0 Å². The summed E-state index contributed by atoms with van der Waals surface area (Å²) in [6.07, 6.45) is 0.528. The average Bonchev–Trinajstić information content (AvgIpc) is 2.39. The molecule has 0 saturated carbocycles. The van der Waals surface area contributed by atoms with Crippen molar-refractivity contribution in [3.63, 3.8) is 0 Å². The van der Waals surface area contributed by atoms with E-state index in [1.165, 1.54) is 5.56 Å². The molecule has 1 aromatic carbocycles. The van der Waals surface area contributed by atoms with Gasteiger partial charge in [0, 0.05) is 13.6 Å². The lowest BCUT2D eigenvalue weighted by molar-refractivity contribution is -0.137. The lowest BCUT2D eigenvalue weighted by Gasteiger charge is -2.26. The fourth-order valence-corrected chi connectivity index (χ4v) is 1.74. The molecule has 0 saturated heterocycles. The molecule has 0 aliphatic carbocycles. The van der Waals surface area contributed by atoms with E-state index in [-0.39, 0.29) is 5.91 Å². The Morgan fingerprint density at radius 3 is 2.39 bits per heavy atom. The fourth-order valence-electron chi connectivity index (χ4n) is 1.74. The first kappa shape index (κ1) is 14.2. The van der Waals surface area contributed by atoms with Crippen molar-refractivity contribution in [3.8, 4) is 6.07 Å². The van der Waals surface area contributed by atoms with E-state index < -0.39 is 5.41 Å². The molecule has 1 amide bonds. The van der Waals surface area contributed by atoms with Gasteiger partial charge in [-0.2, -0.15) is 5.26 Å². The molecule has 0 aliphatic rings. The van der Waals surface area contributed by atoms with E-state index >= 15 is 0 Å². The zero-order chi connectivity index (χ0) is 13.8. The molecule has 0 N–H and O–H groups in total. The molecule has 96 valence electrons. The average molecular weight is 244 g/mol. The van der Waals surface area contributed by atoms with Crippen molar-refractivity contribution in [2.45, 2.75) is 33.7 Å². The summed E-state index contributed by atoms with van der Waals surface area (Å²) < 4.78 is 0. The molecule has 0 bridgehead atoms. The molecule has 18 heavy (non-hydrogen) atoms. The Labute approximate surface area is 109 Å². The lowest BCUT2D eigenvalue weighted by Crippen LogP contribution is -2.38. The summed E-state index contributed by atoms with van der Waals surface area (Å²) in [5.41, 5.74) is 1.36. The molecular formula is C15H20N2O. The fraction of sp³-hybridized carbons (Fsp3) is 0.467. The third-order valence-corrected chi connectivity index (χ3v) is 3.31. The van der Waals surface area contributed by atoms with Gasteiger partial charge in [-0.3, -0.25) is 4.79 Å². The van der Waals surface area contributed by atoms with Gasteiger partial charge in [-0.15, -0.1) is 0 Å². The second-order valence-corrected chi connectivity index (χ2v) is 4.94. The summed E-state index contributed by atoms with van der Waals surface area (Å²) in [7, 11) is 1.74. The molecule has 0 radical (unpaired) electrons. The smallest absolute Gasteiger partial charge is 0.242 e. The van der Waals surface area contributed by atoms with Gasteiger partial charge in [0.15, 0.2) is 0 Å². The number of nitriles is 1. The van der Waals surface area contributed by atoms with E-state index in [0.717, 1.165) is 5.56 Å². The minimum atomic E-state index is -0.917. The van der Waals surface area contributed by atoms with Crippen LogP contribution in [0.3, 0.4) is 0 Å². The van der Waals surface area contributed by atoms with Crippen LogP contribution < -0.4 is 0 Å². The minimum absolute atomic E-state index is 0.118. The van der Waals surface area contributed by atoms with Crippen molar-refractivity contribution < 1.29 is 4.79 Å². The number of benzene rings is 1. The van der Waals surface area contributed by atoms with E-state index in [0.29, 0.717) is 13.0 Å². The van der Waals surface area contributed by atoms with Crippen LogP contribution in [-0.2, 0) is 11.3 Å². The van der Waals surface area contributed by atoms with Crippen molar-refractivity contribution in [2.75, 3.05) is 7.05 Å². The number of nitrogens with zero attached hydrogens (tertiary/aromatic N) is 2. The summed E-state index contributed by atoms with van der Waals surface area (Å²) in [6, 6.07) is 10.2. The van der Waals surface area contributed by atoms with Crippen LogP contribution in [0, 0.1) is 23.7 Å². The number of carbonyl (C=O) groups is 1. The number of aryl methyl sites for hydroxylation is 1. The maximum atomic E-state index is 12.2. The SMILES string of the molecule is CCC(C)(C#N)C(=O)N(C)Cc1ccc(C)cc1. The number of hydrogen-bond donors (Lipinski definition) is 0. The van der Waals surface area contributed by atoms with Crippen LogP contribution in [0.1, 0.15) is 31.4 Å². The molecule has 1 rings (SSSR count). The summed E-state index contributed by atoms with van der Waals surface area (Å²) in [5.74, 6) is -0.118. The van der Waals surface area contributed by atoms with E-state index in [1.54, 1.807) is 18.9 Å². The van der Waals surface area contributed by atoms with Gasteiger partial charge < -0.3 is 4.90 Å². The second kappa shape index (κ2) is 5.68. The number of amides is 1. The Hall–Kier alpha value is -1.82. The summed E-state index contributed by atoms with van der Waals surface area (Å²) in [5, 5.41) is 9.11. The van der Waals surface area contributed by atoms with Crippen LogP contribution in [0.15, 0.2) is 24.3 Å². The Morgan fingerprint density at radius 2 is 1.94 bits per heavy atom. The second-order valence-electron chi connectivity index (χ2n) is 4.94. The van der Waals surface area contributed by atoms with Crippen LogP contribution in [0.5, 0.6) is 0 Å². The van der Waals surface area contributed by atoms with Crippen molar-refractivity contribution >= 4 is 5.91 Å². The van der Waals surface area contributed by atoms with E-state index in [4.69, 9.17) is 5.26 Å². The molecule has 0 fully saturated rings. The van der Waals surface area contributed by atoms with Crippen molar-refractivity contribution in [2.24, 2.45) is 5.41 Å². The Bertz CT molecular complexity index is 458. The highest BCUT2D eigenvalue weighted by Gasteiger charge is 2.33. The molecule has 3 nitrogen and oxygen atoms in total. The van der Waals surface area contributed by atoms with Crippen LogP contribution in [-0.4, -0.2) is 17.9 Å². The largest absolute Gasteiger partial charge is 0.340 e. The van der Waals surface area contributed by atoms with Gasteiger partial charge in [0.1, 0.15) is 5.41 Å². The van der Waals surface area contributed by atoms with Gasteiger partial charge in [-0.05, 0) is 25.8 Å². The number of carbonyl (C=O) groups excluding carboxylic acids is 1. The van der Waals surface area contributed by atoms with Gasteiger partial charge in [0.2, 0.25) is 5.91 Å². The molecular weight excluding hydrogens is 224 g/mol. The van der Waals surface area contributed by atoms with E-state index in [2.05, 4.69) is 6.07 Å². The Morgan fingerprint density at radius 1 is 1.39 bits per heavy atom. The summed E-state index contributed by atoms with van der Waals surface area (Å²) >= 11 is 0. The molecule has 0 aromatic heterocycles. The van der Waals surface area contributed by atoms with Crippen molar-refractivity contribution in [1.82, 2.24) is 4.90 Å². The van der Waals surface area contributed by atoms with Gasteiger partial charge in [0.25, 0.3) is 0 Å². The molecule has 3 heteroatoms. The molecule has 1 unspecified atom stereocenters. The highest BCUT2D eigenvalue weighted by Crippen LogP contribution is 2.23. The van der Waals surface area contributed by atoms with Crippen LogP contribution in [0.2, 0.25) is 0 Å². The predicted molar refractivity (Wildman–Crippen MR) is 71.7 cm³/mol. The van der Waals surface area contributed by atoms with Gasteiger partial charge >= 0.3 is 0 Å². The van der Waals surface area contributed by atoms with E-state index in [9.17, 15) is 4.79 Å². The quantitative estimate of drug-likeness (QED) is 0.817. The predicted octanol–water partition coefficient (Wildman–Crippen LogP) is 2.89. The van der Waals surface area contributed by atoms with Crippen molar-refractivity contribution in [1.29, 1.82) is 5.26 Å². The maximum absolute atomic E-state index is 12.2. The molecule has 1 atom stereocenters. The third-order valence-electron chi connectivity index (χ3n) is 3.31. The minimum Gasteiger partial charge on any atom is -0.340 e. The topological polar surface area (TPSA) is 44.1 Å².